The van der Waals surface area contributed by atoms with Crippen molar-refractivity contribution in [2.45, 2.75) is 30.8 Å². The van der Waals surface area contributed by atoms with Crippen molar-refractivity contribution in [3.05, 3.63) is 65.7 Å². The van der Waals surface area contributed by atoms with Crippen molar-refractivity contribution in [1.29, 1.82) is 0 Å². The fourth-order valence-corrected chi connectivity index (χ4v) is 4.85. The number of nitrogens with one attached hydrogen (secondary N) is 1. The lowest BCUT2D eigenvalue weighted by atomic mass is 9.97. The maximum Gasteiger partial charge on any atom is 0.251 e. The van der Waals surface area contributed by atoms with E-state index < -0.39 is 6.10 Å². The molecular formula is C25H23NO5. The maximum absolute atomic E-state index is 12.8. The summed E-state index contributed by atoms with van der Waals surface area (Å²) in [5, 5.41) is 14.9. The van der Waals surface area contributed by atoms with Crippen molar-refractivity contribution in [2.75, 3.05) is 19.8 Å². The van der Waals surface area contributed by atoms with E-state index in [2.05, 4.69) is 35.6 Å². The van der Waals surface area contributed by atoms with Crippen molar-refractivity contribution in [3.63, 3.8) is 0 Å². The minimum absolute atomic E-state index is 0.167. The molecule has 3 aliphatic heterocycles. The van der Waals surface area contributed by atoms with Gasteiger partial charge in [0.15, 0.2) is 0 Å². The highest BCUT2D eigenvalue weighted by molar-refractivity contribution is 5.99. The van der Waals surface area contributed by atoms with Gasteiger partial charge in [0.25, 0.3) is 5.91 Å². The highest BCUT2D eigenvalue weighted by atomic mass is 16.6. The molecule has 2 N–H and O–H groups in total. The number of fused-ring (bicyclic) bond motifs is 3. The van der Waals surface area contributed by atoms with Crippen molar-refractivity contribution >= 4 is 16.7 Å². The molecule has 3 aliphatic rings. The second-order valence-corrected chi connectivity index (χ2v) is 8.41. The summed E-state index contributed by atoms with van der Waals surface area (Å²) in [6, 6.07) is 18.0. The topological polar surface area (TPSA) is 77.0 Å². The third-order valence-electron chi connectivity index (χ3n) is 6.47. The quantitative estimate of drug-likeness (QED) is 0.685. The average Bonchev–Trinajstić information content (AvgIpc) is 3.51. The zero-order chi connectivity index (χ0) is 20.9. The molecule has 6 heteroatoms. The van der Waals surface area contributed by atoms with Crippen LogP contribution in [0.2, 0.25) is 0 Å². The van der Waals surface area contributed by atoms with Crippen molar-refractivity contribution < 1.29 is 24.1 Å². The van der Waals surface area contributed by atoms with Gasteiger partial charge in [-0.05, 0) is 40.1 Å². The standard InChI is InChI=1S/C25H23NO5/c27-21-13-31-23-20(12-30-24(21)23)26-25(28)18-7-5-15-10-17(6-4-16(15)11-18)19-3-1-2-14-8-9-29-22(14)19/h1-7,10-11,20-21,23-24,27H,8-9,12-13H2,(H,26,28)/t20-,21+,23+,24+/m0/s1. The first-order valence-electron chi connectivity index (χ1n) is 10.7. The highest BCUT2D eigenvalue weighted by Gasteiger charge is 2.47. The normalized spacial score (nSPS) is 26.5. The van der Waals surface area contributed by atoms with E-state index in [1.54, 1.807) is 0 Å². The van der Waals surface area contributed by atoms with Crippen LogP contribution < -0.4 is 10.1 Å². The van der Waals surface area contributed by atoms with Gasteiger partial charge in [-0.1, -0.05) is 36.4 Å². The van der Waals surface area contributed by atoms with Crippen LogP contribution in [0.1, 0.15) is 15.9 Å². The van der Waals surface area contributed by atoms with Crippen molar-refractivity contribution in [3.8, 4) is 16.9 Å². The van der Waals surface area contributed by atoms with Gasteiger partial charge in [0.05, 0.1) is 25.9 Å². The summed E-state index contributed by atoms with van der Waals surface area (Å²) in [7, 11) is 0. The van der Waals surface area contributed by atoms with Gasteiger partial charge in [-0.25, -0.2) is 0 Å². The van der Waals surface area contributed by atoms with Crippen LogP contribution in [-0.2, 0) is 15.9 Å². The molecule has 2 fully saturated rings. The predicted octanol–water partition coefficient (Wildman–Crippen LogP) is 2.70. The second kappa shape index (κ2) is 7.34. The van der Waals surface area contributed by atoms with E-state index in [9.17, 15) is 9.90 Å². The minimum Gasteiger partial charge on any atom is -0.492 e. The average molecular weight is 417 g/mol. The van der Waals surface area contributed by atoms with E-state index in [0.29, 0.717) is 12.2 Å². The van der Waals surface area contributed by atoms with Crippen LogP contribution in [0.15, 0.2) is 54.6 Å². The molecule has 6 nitrogen and oxygen atoms in total. The number of aliphatic hydroxyl groups excluding tert-OH is 1. The van der Waals surface area contributed by atoms with Gasteiger partial charge < -0.3 is 24.6 Å². The molecule has 31 heavy (non-hydrogen) atoms. The van der Waals surface area contributed by atoms with E-state index in [1.165, 1.54) is 5.56 Å². The van der Waals surface area contributed by atoms with E-state index in [1.807, 2.05) is 24.3 Å². The molecule has 3 heterocycles. The van der Waals surface area contributed by atoms with Crippen LogP contribution in [-0.4, -0.2) is 55.2 Å². The lowest BCUT2D eigenvalue weighted by Gasteiger charge is -2.17. The Morgan fingerprint density at radius 1 is 0.968 bits per heavy atom. The molecule has 0 aromatic heterocycles. The number of rotatable bonds is 3. The Bertz CT molecular complexity index is 1180. The van der Waals surface area contributed by atoms with E-state index in [-0.39, 0.29) is 30.8 Å². The first kappa shape index (κ1) is 18.8. The smallest absolute Gasteiger partial charge is 0.251 e. The Labute approximate surface area is 179 Å². The third-order valence-corrected chi connectivity index (χ3v) is 6.47. The van der Waals surface area contributed by atoms with Crippen LogP contribution in [0.5, 0.6) is 5.75 Å². The van der Waals surface area contributed by atoms with Crippen LogP contribution in [0.4, 0.5) is 0 Å². The largest absolute Gasteiger partial charge is 0.492 e. The van der Waals surface area contributed by atoms with Crippen molar-refractivity contribution in [2.24, 2.45) is 0 Å². The van der Waals surface area contributed by atoms with Gasteiger partial charge in [-0.15, -0.1) is 0 Å². The molecule has 4 atom stereocenters. The fourth-order valence-electron chi connectivity index (χ4n) is 4.85. The summed E-state index contributed by atoms with van der Waals surface area (Å²) in [5.41, 5.74) is 4.05. The molecule has 3 aromatic rings. The van der Waals surface area contributed by atoms with Crippen LogP contribution in [0.25, 0.3) is 21.9 Å². The molecule has 0 unspecified atom stereocenters. The number of carbonyl (C=O) groups is 1. The van der Waals surface area contributed by atoms with Gasteiger partial charge >= 0.3 is 0 Å². The number of para-hydroxylation sites is 1. The lowest BCUT2D eigenvalue weighted by Crippen LogP contribution is -2.44. The molecule has 6 rings (SSSR count). The summed E-state index contributed by atoms with van der Waals surface area (Å²) in [6.07, 6.45) is -0.328. The van der Waals surface area contributed by atoms with Gasteiger partial charge in [-0.2, -0.15) is 0 Å². The van der Waals surface area contributed by atoms with Crippen LogP contribution in [0, 0.1) is 0 Å². The summed E-state index contributed by atoms with van der Waals surface area (Å²) in [6.45, 7) is 1.32. The summed E-state index contributed by atoms with van der Waals surface area (Å²) < 4.78 is 17.0. The molecule has 158 valence electrons. The molecule has 0 bridgehead atoms. The Morgan fingerprint density at radius 3 is 2.74 bits per heavy atom. The van der Waals surface area contributed by atoms with Gasteiger partial charge in [0.1, 0.15) is 24.1 Å². The lowest BCUT2D eigenvalue weighted by molar-refractivity contribution is 0.0178. The van der Waals surface area contributed by atoms with E-state index >= 15 is 0 Å². The maximum atomic E-state index is 12.8. The predicted molar refractivity (Wildman–Crippen MR) is 115 cm³/mol. The van der Waals surface area contributed by atoms with E-state index in [4.69, 9.17) is 14.2 Å². The number of hydrogen-bond donors (Lipinski definition) is 2. The zero-order valence-electron chi connectivity index (χ0n) is 16.9. The molecule has 0 radical (unpaired) electrons. The van der Waals surface area contributed by atoms with E-state index in [0.717, 1.165) is 40.7 Å². The summed E-state index contributed by atoms with van der Waals surface area (Å²) >= 11 is 0. The number of carbonyl (C=O) groups excluding carboxylic acids is 1. The monoisotopic (exact) mass is 417 g/mol. The fraction of sp³-hybridized carbons (Fsp3) is 0.320. The summed E-state index contributed by atoms with van der Waals surface area (Å²) in [5.74, 6) is 0.814. The zero-order valence-corrected chi connectivity index (χ0v) is 16.9. The summed E-state index contributed by atoms with van der Waals surface area (Å²) in [4.78, 5) is 12.8. The Kier molecular flexibility index (Phi) is 4.45. The first-order valence-corrected chi connectivity index (χ1v) is 10.7. The molecule has 1 amide bonds. The number of ether oxygens (including phenoxy) is 3. The SMILES string of the molecule is O=C(N[C@H]1CO[C@H]2[C@@H]1OC[C@H]2O)c1ccc2cc(-c3cccc4c3OCC4)ccc2c1. The molecular weight excluding hydrogens is 394 g/mol. The Hall–Kier alpha value is -2.93. The van der Waals surface area contributed by atoms with Crippen molar-refractivity contribution in [1.82, 2.24) is 5.32 Å². The molecule has 2 saturated heterocycles. The molecule has 3 aromatic carbocycles. The second-order valence-electron chi connectivity index (χ2n) is 8.41. The third kappa shape index (κ3) is 3.19. The van der Waals surface area contributed by atoms with Gasteiger partial charge in [-0.3, -0.25) is 4.79 Å². The van der Waals surface area contributed by atoms with Crippen LogP contribution in [0.3, 0.4) is 0 Å². The minimum atomic E-state index is -0.627. The number of amides is 1. The first-order chi connectivity index (χ1) is 15.2. The van der Waals surface area contributed by atoms with Crippen LogP contribution >= 0.6 is 0 Å². The van der Waals surface area contributed by atoms with Gasteiger partial charge in [0.2, 0.25) is 0 Å². The molecule has 0 aliphatic carbocycles. The number of benzene rings is 3. The highest BCUT2D eigenvalue weighted by Crippen LogP contribution is 2.37. The van der Waals surface area contributed by atoms with Gasteiger partial charge in [0, 0.05) is 17.5 Å². The molecule has 0 spiro atoms. The number of aliphatic hydroxyl groups is 1. The molecule has 0 saturated carbocycles. The Balaban J connectivity index is 1.24. The number of hydrogen-bond acceptors (Lipinski definition) is 5. The Morgan fingerprint density at radius 2 is 1.81 bits per heavy atom.